The molecule has 1 saturated heterocycles. The number of thiazole rings is 1. The molecule has 1 aromatic carbocycles. The van der Waals surface area contributed by atoms with E-state index in [1.54, 1.807) is 0 Å². The zero-order chi connectivity index (χ0) is 18.6. The maximum atomic E-state index is 12.7. The van der Waals surface area contributed by atoms with Crippen LogP contribution in [-0.4, -0.2) is 36.8 Å². The molecule has 7 heteroatoms. The van der Waals surface area contributed by atoms with E-state index < -0.39 is 5.41 Å². The molecule has 1 aliphatic rings. The van der Waals surface area contributed by atoms with Gasteiger partial charge in [0.1, 0.15) is 5.75 Å². The third-order valence-corrected chi connectivity index (χ3v) is 5.33. The van der Waals surface area contributed by atoms with Gasteiger partial charge in [0.15, 0.2) is 5.13 Å². The van der Waals surface area contributed by atoms with E-state index in [-0.39, 0.29) is 12.0 Å². The lowest BCUT2D eigenvalue weighted by Gasteiger charge is -2.34. The molecule has 0 atom stereocenters. The normalized spacial score (nSPS) is 16.5. The quantitative estimate of drug-likeness (QED) is 0.809. The van der Waals surface area contributed by atoms with Crippen LogP contribution < -0.4 is 15.8 Å². The van der Waals surface area contributed by atoms with Gasteiger partial charge in [-0.3, -0.25) is 4.79 Å². The minimum atomic E-state index is -0.556. The number of nitrogens with zero attached hydrogens (tertiary/aromatic N) is 1. The molecule has 140 valence electrons. The summed E-state index contributed by atoms with van der Waals surface area (Å²) in [5.41, 5.74) is 7.15. The summed E-state index contributed by atoms with van der Waals surface area (Å²) in [5, 5.41) is 5.47. The highest BCUT2D eigenvalue weighted by Gasteiger charge is 2.39. The Morgan fingerprint density at radius 2 is 2.04 bits per heavy atom. The van der Waals surface area contributed by atoms with E-state index in [0.29, 0.717) is 37.7 Å². The fraction of sp³-hybridized carbons (Fsp3) is 0.474. The summed E-state index contributed by atoms with van der Waals surface area (Å²) in [5.74, 6) is 0.766. The van der Waals surface area contributed by atoms with Gasteiger partial charge < -0.3 is 20.5 Å². The first kappa shape index (κ1) is 18.8. The highest BCUT2D eigenvalue weighted by molar-refractivity contribution is 7.14. The van der Waals surface area contributed by atoms with Crippen molar-refractivity contribution in [3.05, 3.63) is 29.6 Å². The number of carbonyl (C=O) groups excluding carboxylic acids is 1. The molecule has 3 N–H and O–H groups in total. The first-order valence-electron chi connectivity index (χ1n) is 8.84. The Hall–Kier alpha value is -1.96. The highest BCUT2D eigenvalue weighted by atomic mass is 32.1. The number of nitrogens with two attached hydrogens (primary N) is 1. The predicted octanol–water partition coefficient (Wildman–Crippen LogP) is 3.29. The van der Waals surface area contributed by atoms with Crippen LogP contribution in [0.5, 0.6) is 5.75 Å². The van der Waals surface area contributed by atoms with Crippen LogP contribution in [0.3, 0.4) is 0 Å². The largest absolute Gasteiger partial charge is 0.491 e. The van der Waals surface area contributed by atoms with Crippen LogP contribution in [0.4, 0.5) is 5.13 Å². The van der Waals surface area contributed by atoms with Gasteiger partial charge in [-0.25, -0.2) is 4.98 Å². The van der Waals surface area contributed by atoms with E-state index >= 15 is 0 Å². The monoisotopic (exact) mass is 375 g/mol. The molecule has 3 rings (SSSR count). The van der Waals surface area contributed by atoms with Crippen LogP contribution in [0.1, 0.15) is 26.7 Å². The van der Waals surface area contributed by atoms with Gasteiger partial charge in [-0.15, -0.1) is 11.3 Å². The lowest BCUT2D eigenvalue weighted by molar-refractivity contribution is -0.130. The number of hydrogen-bond acceptors (Lipinski definition) is 6. The Morgan fingerprint density at radius 1 is 1.35 bits per heavy atom. The van der Waals surface area contributed by atoms with Crippen molar-refractivity contribution in [1.82, 2.24) is 4.98 Å². The third kappa shape index (κ3) is 4.23. The van der Waals surface area contributed by atoms with Crippen LogP contribution >= 0.6 is 11.3 Å². The van der Waals surface area contributed by atoms with Gasteiger partial charge in [-0.05, 0) is 51.0 Å². The Kier molecular flexibility index (Phi) is 5.90. The smallest absolute Gasteiger partial charge is 0.233 e. The number of benzene rings is 1. The Morgan fingerprint density at radius 3 is 2.65 bits per heavy atom. The molecular formula is C19H25N3O3S. The second kappa shape index (κ2) is 8.16. The minimum Gasteiger partial charge on any atom is -0.491 e. The van der Waals surface area contributed by atoms with Crippen LogP contribution in [0.15, 0.2) is 29.6 Å². The van der Waals surface area contributed by atoms with Crippen LogP contribution in [0.25, 0.3) is 11.3 Å². The molecule has 0 bridgehead atoms. The zero-order valence-corrected chi connectivity index (χ0v) is 16.0. The number of ether oxygens (including phenoxy) is 2. The van der Waals surface area contributed by atoms with E-state index in [2.05, 4.69) is 10.3 Å². The summed E-state index contributed by atoms with van der Waals surface area (Å²) in [6.07, 6.45) is 1.43. The minimum absolute atomic E-state index is 0.0649. The first-order chi connectivity index (χ1) is 12.5. The first-order valence-corrected chi connectivity index (χ1v) is 9.72. The molecule has 1 fully saturated rings. The summed E-state index contributed by atoms with van der Waals surface area (Å²) >= 11 is 1.41. The van der Waals surface area contributed by atoms with Crippen molar-refractivity contribution in [1.29, 1.82) is 0 Å². The van der Waals surface area contributed by atoms with E-state index in [1.165, 1.54) is 11.3 Å². The van der Waals surface area contributed by atoms with Gasteiger partial charge in [-0.1, -0.05) is 0 Å². The molecule has 0 spiro atoms. The van der Waals surface area contributed by atoms with E-state index in [0.717, 1.165) is 17.0 Å². The highest BCUT2D eigenvalue weighted by Crippen LogP contribution is 2.32. The molecule has 1 aliphatic heterocycles. The van der Waals surface area contributed by atoms with Gasteiger partial charge in [0.05, 0.1) is 17.2 Å². The molecule has 26 heavy (non-hydrogen) atoms. The van der Waals surface area contributed by atoms with Crippen molar-refractivity contribution in [2.24, 2.45) is 11.1 Å². The maximum Gasteiger partial charge on any atom is 0.233 e. The molecule has 0 saturated carbocycles. The van der Waals surface area contributed by atoms with Crippen molar-refractivity contribution in [3.63, 3.8) is 0 Å². The number of hydrogen-bond donors (Lipinski definition) is 2. The second-order valence-electron chi connectivity index (χ2n) is 6.78. The van der Waals surface area contributed by atoms with Gasteiger partial charge in [0.2, 0.25) is 5.91 Å². The second-order valence-corrected chi connectivity index (χ2v) is 7.64. The fourth-order valence-corrected chi connectivity index (χ4v) is 3.67. The van der Waals surface area contributed by atoms with Gasteiger partial charge in [-0.2, -0.15) is 0 Å². The summed E-state index contributed by atoms with van der Waals surface area (Å²) in [6, 6.07) is 7.80. The molecule has 2 heterocycles. The Bertz CT molecular complexity index is 737. The molecule has 2 aromatic rings. The maximum absolute atomic E-state index is 12.7. The summed E-state index contributed by atoms with van der Waals surface area (Å²) in [7, 11) is 0. The number of anilines is 1. The zero-order valence-electron chi connectivity index (χ0n) is 15.2. The average molecular weight is 375 g/mol. The van der Waals surface area contributed by atoms with Crippen LogP contribution in [-0.2, 0) is 9.53 Å². The number of nitrogens with one attached hydrogen (secondary N) is 1. The number of carbonyl (C=O) groups is 1. The van der Waals surface area contributed by atoms with Crippen LogP contribution in [0.2, 0.25) is 0 Å². The fourth-order valence-electron chi connectivity index (χ4n) is 2.96. The molecular weight excluding hydrogens is 350 g/mol. The SMILES string of the molecule is CC(C)Oc1ccc(-c2csc(NC(=O)C3(CN)CCOCC3)n2)cc1. The Balaban J connectivity index is 1.68. The lowest BCUT2D eigenvalue weighted by atomic mass is 9.79. The van der Waals surface area contributed by atoms with Crippen molar-refractivity contribution < 1.29 is 14.3 Å². The van der Waals surface area contributed by atoms with Crippen molar-refractivity contribution >= 4 is 22.4 Å². The van der Waals surface area contributed by atoms with Crippen LogP contribution in [0, 0.1) is 5.41 Å². The standard InChI is InChI=1S/C19H25N3O3S/c1-13(2)25-15-5-3-14(4-6-15)16-11-26-18(21-16)22-17(23)19(12-20)7-9-24-10-8-19/h3-6,11,13H,7-10,12,20H2,1-2H3,(H,21,22,23). The van der Waals surface area contributed by atoms with E-state index in [9.17, 15) is 4.79 Å². The van der Waals surface area contributed by atoms with Crippen molar-refractivity contribution in [2.75, 3.05) is 25.1 Å². The molecule has 6 nitrogen and oxygen atoms in total. The molecule has 0 aliphatic carbocycles. The van der Waals surface area contributed by atoms with Crippen molar-refractivity contribution in [2.45, 2.75) is 32.8 Å². The van der Waals surface area contributed by atoms with Crippen molar-refractivity contribution in [3.8, 4) is 17.0 Å². The van der Waals surface area contributed by atoms with Gasteiger partial charge in [0.25, 0.3) is 0 Å². The molecule has 0 unspecified atom stereocenters. The predicted molar refractivity (Wildman–Crippen MR) is 103 cm³/mol. The summed E-state index contributed by atoms with van der Waals surface area (Å²) in [4.78, 5) is 17.3. The topological polar surface area (TPSA) is 86.5 Å². The average Bonchev–Trinajstić information content (AvgIpc) is 3.11. The summed E-state index contributed by atoms with van der Waals surface area (Å²) in [6.45, 7) is 5.44. The number of aromatic nitrogens is 1. The lowest BCUT2D eigenvalue weighted by Crippen LogP contribution is -2.46. The Labute approximate surface area is 157 Å². The number of amides is 1. The number of rotatable bonds is 6. The van der Waals surface area contributed by atoms with E-state index in [1.807, 2.05) is 43.5 Å². The molecule has 0 radical (unpaired) electrons. The third-order valence-electron chi connectivity index (χ3n) is 4.57. The van der Waals surface area contributed by atoms with Gasteiger partial charge >= 0.3 is 0 Å². The molecule has 1 amide bonds. The summed E-state index contributed by atoms with van der Waals surface area (Å²) < 4.78 is 11.0. The van der Waals surface area contributed by atoms with E-state index in [4.69, 9.17) is 15.2 Å². The molecule has 1 aromatic heterocycles. The van der Waals surface area contributed by atoms with Gasteiger partial charge in [0, 0.05) is 30.7 Å².